The zero-order valence-electron chi connectivity index (χ0n) is 20.3. The minimum Gasteiger partial charge on any atom is -0.394 e. The number of nitrogens with one attached hydrogen (secondary N) is 1. The lowest BCUT2D eigenvalue weighted by Crippen LogP contribution is -2.46. The summed E-state index contributed by atoms with van der Waals surface area (Å²) in [6, 6.07) is 16.2. The second-order valence-electron chi connectivity index (χ2n) is 9.48. The molecule has 1 aliphatic rings. The quantitative estimate of drug-likeness (QED) is 0.317. The lowest BCUT2D eigenvalue weighted by molar-refractivity contribution is -0.0512. The van der Waals surface area contributed by atoms with E-state index in [4.69, 9.17) is 5.11 Å². The fourth-order valence-electron chi connectivity index (χ4n) is 4.53. The van der Waals surface area contributed by atoms with Crippen LogP contribution in [0.15, 0.2) is 67.0 Å². The predicted octanol–water partition coefficient (Wildman–Crippen LogP) is 4.31. The van der Waals surface area contributed by atoms with Gasteiger partial charge in [0.15, 0.2) is 0 Å². The van der Waals surface area contributed by atoms with Crippen molar-refractivity contribution >= 4 is 6.08 Å². The number of benzene rings is 2. The van der Waals surface area contributed by atoms with Crippen LogP contribution >= 0.6 is 0 Å². The first kappa shape index (κ1) is 26.2. The number of halogens is 2. The van der Waals surface area contributed by atoms with Crippen molar-refractivity contribution in [3.8, 4) is 11.1 Å². The van der Waals surface area contributed by atoms with Crippen LogP contribution in [0.25, 0.3) is 17.2 Å². The number of alkyl halides is 2. The van der Waals surface area contributed by atoms with Crippen molar-refractivity contribution in [1.29, 1.82) is 0 Å². The van der Waals surface area contributed by atoms with E-state index in [0.29, 0.717) is 11.7 Å². The molecule has 4 N–H and O–H groups in total. The number of nitrogens with zero attached hydrogens (tertiary/aromatic N) is 2. The Morgan fingerprint density at radius 2 is 1.72 bits per heavy atom. The van der Waals surface area contributed by atoms with Gasteiger partial charge in [-0.2, -0.15) is 0 Å². The Bertz CT molecular complexity index is 1140. The van der Waals surface area contributed by atoms with Crippen LogP contribution in [0.5, 0.6) is 0 Å². The molecule has 3 aromatic rings. The van der Waals surface area contributed by atoms with Crippen molar-refractivity contribution in [1.82, 2.24) is 14.9 Å². The van der Waals surface area contributed by atoms with Gasteiger partial charge in [-0.15, -0.1) is 0 Å². The summed E-state index contributed by atoms with van der Waals surface area (Å²) >= 11 is 0. The van der Waals surface area contributed by atoms with Crippen LogP contribution in [-0.2, 0) is 0 Å². The van der Waals surface area contributed by atoms with Gasteiger partial charge in [-0.3, -0.25) is 0 Å². The third-order valence-electron chi connectivity index (χ3n) is 6.77. The van der Waals surface area contributed by atoms with Gasteiger partial charge in [-0.05, 0) is 47.9 Å². The number of hydrogen-bond acceptors (Lipinski definition) is 5. The third kappa shape index (κ3) is 6.25. The van der Waals surface area contributed by atoms with Crippen molar-refractivity contribution < 1.29 is 24.1 Å². The molecule has 1 aromatic heterocycles. The summed E-state index contributed by atoms with van der Waals surface area (Å²) in [5.41, 5.74) is 4.38. The summed E-state index contributed by atoms with van der Waals surface area (Å²) in [6.45, 7) is -0.0799. The first-order valence-electron chi connectivity index (χ1n) is 12.2. The molecule has 0 saturated heterocycles. The van der Waals surface area contributed by atoms with Crippen molar-refractivity contribution in [3.63, 3.8) is 0 Å². The number of imidazole rings is 1. The molecule has 0 spiro atoms. The van der Waals surface area contributed by atoms with Crippen LogP contribution in [0.2, 0.25) is 0 Å². The zero-order valence-corrected chi connectivity index (χ0v) is 20.3. The molecule has 0 radical (unpaired) electrons. The Morgan fingerprint density at radius 3 is 2.31 bits per heavy atom. The summed E-state index contributed by atoms with van der Waals surface area (Å²) in [5, 5.41) is 31.2. The Hall–Kier alpha value is -2.91. The molecule has 192 valence electrons. The van der Waals surface area contributed by atoms with Crippen molar-refractivity contribution in [2.45, 2.75) is 49.8 Å². The number of rotatable bonds is 11. The van der Waals surface area contributed by atoms with Crippen LogP contribution in [0.1, 0.15) is 54.8 Å². The molecule has 6 nitrogen and oxygen atoms in total. The van der Waals surface area contributed by atoms with Gasteiger partial charge in [-0.1, -0.05) is 60.7 Å². The smallest absolute Gasteiger partial charge is 0.282 e. The molecule has 0 aliphatic heterocycles. The summed E-state index contributed by atoms with van der Waals surface area (Å²) in [5.74, 6) is -2.20. The minimum atomic E-state index is -3.07. The van der Waals surface area contributed by atoms with E-state index in [1.54, 1.807) is 23.9 Å². The molecule has 2 aromatic carbocycles. The highest BCUT2D eigenvalue weighted by Crippen LogP contribution is 2.38. The number of aliphatic hydroxyl groups is 3. The maximum absolute atomic E-state index is 13.2. The van der Waals surface area contributed by atoms with Crippen LogP contribution in [0.3, 0.4) is 0 Å². The van der Waals surface area contributed by atoms with E-state index in [9.17, 15) is 19.0 Å². The fraction of sp³-hybridized carbons (Fsp3) is 0.393. The molecule has 1 heterocycles. The molecule has 0 unspecified atom stereocenters. The maximum atomic E-state index is 13.2. The van der Waals surface area contributed by atoms with Crippen LogP contribution in [0, 0.1) is 0 Å². The highest BCUT2D eigenvalue weighted by atomic mass is 19.3. The van der Waals surface area contributed by atoms with E-state index in [1.165, 1.54) is 5.56 Å². The standard InChI is InChI=1S/C28H33F2N3O3/c1-19(36)27-31-12-13-33(27)26(16-34)11-4-20-2-5-21(6-3-20)22-7-9-23(10-8-22)24-14-25(15-24)32-17-28(29,30)18-35/h2-13,19,24-26,32,34-36H,14-18H2,1H3/b11-4+/t19-,24?,25?,26-/m0/s1. The third-order valence-corrected chi connectivity index (χ3v) is 6.77. The van der Waals surface area contributed by atoms with Gasteiger partial charge >= 0.3 is 0 Å². The van der Waals surface area contributed by atoms with Crippen LogP contribution in [-0.4, -0.2) is 56.6 Å². The van der Waals surface area contributed by atoms with Crippen LogP contribution < -0.4 is 5.32 Å². The molecule has 1 aliphatic carbocycles. The van der Waals surface area contributed by atoms with Gasteiger partial charge in [0.1, 0.15) is 18.5 Å². The van der Waals surface area contributed by atoms with E-state index in [-0.39, 0.29) is 18.7 Å². The average molecular weight is 498 g/mol. The van der Waals surface area contributed by atoms with Crippen LogP contribution in [0.4, 0.5) is 8.78 Å². The Morgan fingerprint density at radius 1 is 1.08 bits per heavy atom. The molecule has 8 heteroatoms. The van der Waals surface area contributed by atoms with Gasteiger partial charge in [0.2, 0.25) is 0 Å². The molecule has 4 rings (SSSR count). The molecule has 0 bridgehead atoms. The van der Waals surface area contributed by atoms with Gasteiger partial charge in [0.05, 0.1) is 19.2 Å². The number of aromatic nitrogens is 2. The van der Waals surface area contributed by atoms with E-state index in [0.717, 1.165) is 29.5 Å². The molecule has 1 saturated carbocycles. The Balaban J connectivity index is 1.33. The largest absolute Gasteiger partial charge is 0.394 e. The Kier molecular flexibility index (Phi) is 8.31. The summed E-state index contributed by atoms with van der Waals surface area (Å²) in [7, 11) is 0. The summed E-state index contributed by atoms with van der Waals surface area (Å²) in [6.07, 6.45) is 8.10. The Labute approximate surface area is 209 Å². The lowest BCUT2D eigenvalue weighted by Gasteiger charge is -2.37. The first-order chi connectivity index (χ1) is 17.3. The average Bonchev–Trinajstić information content (AvgIpc) is 3.34. The molecule has 36 heavy (non-hydrogen) atoms. The SMILES string of the molecule is C[C@H](O)c1nccn1[C@@H](/C=C/c1ccc(-c2ccc(C3CC(NCC(F)(F)CO)C3)cc2)cc1)CO. The second-order valence-corrected chi connectivity index (χ2v) is 9.48. The summed E-state index contributed by atoms with van der Waals surface area (Å²) in [4.78, 5) is 4.16. The highest BCUT2D eigenvalue weighted by molar-refractivity contribution is 5.66. The number of aliphatic hydroxyl groups excluding tert-OH is 3. The van der Waals surface area contributed by atoms with Gasteiger partial charge in [-0.25, -0.2) is 13.8 Å². The fourth-order valence-corrected chi connectivity index (χ4v) is 4.53. The monoisotopic (exact) mass is 497 g/mol. The predicted molar refractivity (Wildman–Crippen MR) is 136 cm³/mol. The first-order valence-corrected chi connectivity index (χ1v) is 12.2. The zero-order chi connectivity index (χ0) is 25.7. The van der Waals surface area contributed by atoms with E-state index < -0.39 is 25.2 Å². The molecular weight excluding hydrogens is 464 g/mol. The van der Waals surface area contributed by atoms with Gasteiger partial charge in [0, 0.05) is 18.4 Å². The summed E-state index contributed by atoms with van der Waals surface area (Å²) < 4.78 is 28.1. The van der Waals surface area contributed by atoms with Gasteiger partial charge in [0.25, 0.3) is 5.92 Å². The molecule has 1 fully saturated rings. The van der Waals surface area contributed by atoms with Crippen molar-refractivity contribution in [2.24, 2.45) is 0 Å². The minimum absolute atomic E-state index is 0.0607. The molecule has 2 atom stereocenters. The second kappa shape index (κ2) is 11.4. The molecular formula is C28H33F2N3O3. The number of hydrogen-bond donors (Lipinski definition) is 4. The lowest BCUT2D eigenvalue weighted by atomic mass is 9.75. The molecule has 0 amide bonds. The normalized spacial score (nSPS) is 19.8. The highest BCUT2D eigenvalue weighted by Gasteiger charge is 2.34. The van der Waals surface area contributed by atoms with Crippen molar-refractivity contribution in [3.05, 3.63) is 84.0 Å². The van der Waals surface area contributed by atoms with Crippen molar-refractivity contribution in [2.75, 3.05) is 19.8 Å². The topological polar surface area (TPSA) is 90.5 Å². The van der Waals surface area contributed by atoms with E-state index in [1.807, 2.05) is 36.4 Å². The van der Waals surface area contributed by atoms with E-state index >= 15 is 0 Å². The van der Waals surface area contributed by atoms with Gasteiger partial charge < -0.3 is 25.2 Å². The maximum Gasteiger partial charge on any atom is 0.282 e. The van der Waals surface area contributed by atoms with E-state index in [2.05, 4.69) is 34.6 Å².